The molecule has 0 saturated heterocycles. The van der Waals surface area contributed by atoms with Crippen LogP contribution in [0.4, 0.5) is 0 Å². The normalized spacial score (nSPS) is 21.8. The van der Waals surface area contributed by atoms with E-state index in [2.05, 4.69) is 0 Å². The predicted molar refractivity (Wildman–Crippen MR) is 140 cm³/mol. The molecule has 33 heavy (non-hydrogen) atoms. The third-order valence-corrected chi connectivity index (χ3v) is 21.6. The Morgan fingerprint density at radius 3 is 1.42 bits per heavy atom. The number of hydrogen-bond acceptors (Lipinski definition) is 2. The fourth-order valence-electron chi connectivity index (χ4n) is 6.77. The molecule has 0 bridgehead atoms. The number of carbonyl (C=O) groups excluding carboxylic acids is 1. The molecule has 0 aromatic heterocycles. The average Bonchev–Trinajstić information content (AvgIpc) is 2.83. The van der Waals surface area contributed by atoms with Gasteiger partial charge in [-0.3, -0.25) is 0 Å². The Balaban J connectivity index is 0.000000196. The average molecular weight is 580 g/mol. The van der Waals surface area contributed by atoms with E-state index in [4.69, 9.17) is 11.6 Å². The van der Waals surface area contributed by atoms with Crippen molar-refractivity contribution in [3.8, 4) is 0 Å². The number of carboxylic acids is 1. The second-order valence-electron chi connectivity index (χ2n) is 11.1. The van der Waals surface area contributed by atoms with Gasteiger partial charge in [0.05, 0.1) is 0 Å². The first-order valence-electron chi connectivity index (χ1n) is 13.8. The number of halogens is 1. The number of rotatable bonds is 6. The number of aliphatic carboxylic acids is 1. The Hall–Kier alpha value is -0.221. The molecule has 2 nitrogen and oxygen atoms in total. The van der Waals surface area contributed by atoms with Crippen LogP contribution in [0.3, 0.4) is 0 Å². The molecule has 4 heteroatoms. The van der Waals surface area contributed by atoms with Gasteiger partial charge in [-0.25, -0.2) is 0 Å². The van der Waals surface area contributed by atoms with Crippen LogP contribution in [0.1, 0.15) is 122 Å². The van der Waals surface area contributed by atoms with Crippen molar-refractivity contribution in [3.63, 3.8) is 0 Å². The van der Waals surface area contributed by atoms with Gasteiger partial charge < -0.3 is 9.90 Å². The van der Waals surface area contributed by atoms with Crippen LogP contribution in [0.2, 0.25) is 16.8 Å². The zero-order valence-electron chi connectivity index (χ0n) is 21.0. The zero-order valence-corrected chi connectivity index (χ0v) is 24.6. The van der Waals surface area contributed by atoms with Crippen molar-refractivity contribution in [1.82, 2.24) is 0 Å². The summed E-state index contributed by atoms with van der Waals surface area (Å²) in [7, 11) is 0. The van der Waals surface area contributed by atoms with Gasteiger partial charge in [-0.15, -0.1) is 0 Å². The molecule has 0 radical (unpaired) electrons. The Bertz CT molecular complexity index is 643. The van der Waals surface area contributed by atoms with E-state index in [-0.39, 0.29) is 5.92 Å². The summed E-state index contributed by atoms with van der Waals surface area (Å²) in [5.41, 5.74) is 0.740. The van der Waals surface area contributed by atoms with E-state index in [0.29, 0.717) is 5.02 Å². The SMILES string of the molecule is C1CC[CH]([Sn+]([CH]2CCCCC2)[CH]2CCCCC2)CC1.CC(C)C(C(=O)[O-])c1ccc(Cl)cc1. The van der Waals surface area contributed by atoms with Gasteiger partial charge in [-0.05, 0) is 23.6 Å². The number of hydrogen-bond donors (Lipinski definition) is 0. The van der Waals surface area contributed by atoms with E-state index in [1.807, 2.05) is 13.8 Å². The summed E-state index contributed by atoms with van der Waals surface area (Å²) in [4.78, 5) is 10.9. The van der Waals surface area contributed by atoms with Crippen molar-refractivity contribution in [3.05, 3.63) is 34.9 Å². The van der Waals surface area contributed by atoms with Crippen molar-refractivity contribution >= 4 is 37.3 Å². The van der Waals surface area contributed by atoms with E-state index in [1.54, 1.807) is 121 Å². The van der Waals surface area contributed by atoms with Crippen molar-refractivity contribution in [2.75, 3.05) is 0 Å². The maximum absolute atomic E-state index is 10.9. The van der Waals surface area contributed by atoms with Crippen molar-refractivity contribution < 1.29 is 9.90 Å². The third kappa shape index (κ3) is 8.44. The first kappa shape index (κ1) is 27.4. The molecule has 3 saturated carbocycles. The van der Waals surface area contributed by atoms with Crippen LogP contribution in [0.25, 0.3) is 0 Å². The molecule has 184 valence electrons. The summed E-state index contributed by atoms with van der Waals surface area (Å²) in [6, 6.07) is 6.83. The molecule has 3 aliphatic rings. The van der Waals surface area contributed by atoms with Crippen LogP contribution in [-0.2, 0) is 4.79 Å². The van der Waals surface area contributed by atoms with Gasteiger partial charge in [0.2, 0.25) is 0 Å². The minimum Gasteiger partial charge on any atom is -0.549 e. The molecule has 1 aromatic carbocycles. The Morgan fingerprint density at radius 2 is 1.12 bits per heavy atom. The van der Waals surface area contributed by atoms with E-state index in [1.165, 1.54) is 11.8 Å². The third-order valence-electron chi connectivity index (χ3n) is 8.38. The first-order valence-corrected chi connectivity index (χ1v) is 19.1. The molecular weight excluding hydrogens is 534 g/mol. The maximum atomic E-state index is 10.9. The summed E-state index contributed by atoms with van der Waals surface area (Å²) >= 11 is 4.56. The smallest absolute Gasteiger partial charge is 0.0491 e. The van der Waals surface area contributed by atoms with Gasteiger partial charge in [-0.2, -0.15) is 0 Å². The van der Waals surface area contributed by atoms with Gasteiger partial charge in [0, 0.05) is 16.9 Å². The van der Waals surface area contributed by atoms with Crippen LogP contribution in [0.15, 0.2) is 24.3 Å². The molecule has 4 rings (SSSR count). The largest absolute Gasteiger partial charge is 0.549 e. The minimum atomic E-state index is -1.15. The van der Waals surface area contributed by atoms with E-state index < -0.39 is 31.6 Å². The molecule has 0 spiro atoms. The van der Waals surface area contributed by atoms with E-state index >= 15 is 0 Å². The van der Waals surface area contributed by atoms with Crippen LogP contribution in [-0.4, -0.2) is 25.7 Å². The molecule has 0 amide bonds. The Labute approximate surface area is 215 Å². The van der Waals surface area contributed by atoms with Crippen molar-refractivity contribution in [2.45, 2.75) is 128 Å². The van der Waals surface area contributed by atoms with Crippen LogP contribution < -0.4 is 5.11 Å². The summed E-state index contributed by atoms with van der Waals surface area (Å²) in [6.45, 7) is 3.71. The zero-order chi connectivity index (χ0) is 23.6. The summed E-state index contributed by atoms with van der Waals surface area (Å²) in [6.07, 6.45) is 24.2. The predicted octanol–water partition coefficient (Wildman–Crippen LogP) is 8.31. The van der Waals surface area contributed by atoms with Gasteiger partial charge in [0.25, 0.3) is 0 Å². The Kier molecular flexibility index (Phi) is 11.9. The summed E-state index contributed by atoms with van der Waals surface area (Å²) in [5, 5.41) is 11.5. The quantitative estimate of drug-likeness (QED) is 0.318. The Morgan fingerprint density at radius 1 is 0.758 bits per heavy atom. The van der Waals surface area contributed by atoms with Gasteiger partial charge in [0.15, 0.2) is 0 Å². The number of carbonyl (C=O) groups is 1. The van der Waals surface area contributed by atoms with Gasteiger partial charge in [0.1, 0.15) is 0 Å². The van der Waals surface area contributed by atoms with Gasteiger partial charge >= 0.3 is 128 Å². The minimum absolute atomic E-state index is 0.0150. The molecule has 0 N–H and O–H groups in total. The second kappa shape index (κ2) is 14.4. The molecule has 1 atom stereocenters. The van der Waals surface area contributed by atoms with Gasteiger partial charge in [-0.1, -0.05) is 37.6 Å². The van der Waals surface area contributed by atoms with Crippen LogP contribution in [0, 0.1) is 5.92 Å². The standard InChI is InChI=1S/C11H13ClO2.3C6H11.Sn/c1-7(2)10(11(13)14)8-3-5-9(12)6-4-8;3*1-2-4-6-5-3-1;/h3-7,10H,1-2H3,(H,13,14);3*1H,2-6H2;/q;;;;+1/p-1. The summed E-state index contributed by atoms with van der Waals surface area (Å²) < 4.78 is 3.96. The number of benzene rings is 1. The summed E-state index contributed by atoms with van der Waals surface area (Å²) in [5.74, 6) is -1.59. The molecule has 1 aromatic rings. The van der Waals surface area contributed by atoms with Crippen molar-refractivity contribution in [1.29, 1.82) is 0 Å². The molecule has 0 aliphatic heterocycles. The van der Waals surface area contributed by atoms with Crippen LogP contribution in [0.5, 0.6) is 0 Å². The first-order chi connectivity index (χ1) is 16.0. The molecule has 1 unspecified atom stereocenters. The van der Waals surface area contributed by atoms with Crippen molar-refractivity contribution in [2.24, 2.45) is 5.92 Å². The molecular formula is C29H45ClO2Sn. The number of carboxylic acid groups (broad SMARTS) is 1. The van der Waals surface area contributed by atoms with E-state index in [9.17, 15) is 9.90 Å². The fraction of sp³-hybridized carbons (Fsp3) is 0.759. The maximum Gasteiger partial charge on any atom is 0.0491 e. The topological polar surface area (TPSA) is 40.1 Å². The van der Waals surface area contributed by atoms with E-state index in [0.717, 1.165) is 5.56 Å². The monoisotopic (exact) mass is 580 g/mol. The molecule has 3 fully saturated rings. The molecule has 3 aliphatic carbocycles. The van der Waals surface area contributed by atoms with Crippen LogP contribution >= 0.6 is 11.6 Å². The molecule has 0 heterocycles. The fourth-order valence-corrected chi connectivity index (χ4v) is 21.8. The second-order valence-corrected chi connectivity index (χ2v) is 21.4.